The zero-order chi connectivity index (χ0) is 20.3. The molecule has 28 heavy (non-hydrogen) atoms. The summed E-state index contributed by atoms with van der Waals surface area (Å²) in [5.41, 5.74) is 1.28. The molecule has 0 unspecified atom stereocenters. The molecule has 0 spiro atoms. The van der Waals surface area contributed by atoms with E-state index < -0.39 is 15.9 Å². The topological polar surface area (TPSA) is 75.3 Å². The standard InChI is InChI=1S/C19H20Cl2N2O3S2/c1-12-2-6-14(7-3-12)27-9-8-22-19(24)15-10-18(17(21)11-16(15)20)28(25,26)23-13-4-5-13/h2-3,6-7,10-11,13,23H,4-5,8-9H2,1H3,(H,22,24). The maximum atomic E-state index is 12.5. The summed E-state index contributed by atoms with van der Waals surface area (Å²) in [7, 11) is -3.79. The van der Waals surface area contributed by atoms with E-state index in [1.165, 1.54) is 17.7 Å². The largest absolute Gasteiger partial charge is 0.351 e. The van der Waals surface area contributed by atoms with Crippen molar-refractivity contribution in [3.05, 3.63) is 57.6 Å². The smallest absolute Gasteiger partial charge is 0.252 e. The van der Waals surface area contributed by atoms with Crippen molar-refractivity contribution >= 4 is 50.9 Å². The SMILES string of the molecule is Cc1ccc(SCCNC(=O)c2cc(S(=O)(=O)NC3CC3)c(Cl)cc2Cl)cc1. The van der Waals surface area contributed by atoms with Gasteiger partial charge in [-0.25, -0.2) is 13.1 Å². The van der Waals surface area contributed by atoms with Crippen molar-refractivity contribution in [2.24, 2.45) is 0 Å². The number of sulfonamides is 1. The van der Waals surface area contributed by atoms with Crippen LogP contribution in [0.1, 0.15) is 28.8 Å². The van der Waals surface area contributed by atoms with Gasteiger partial charge >= 0.3 is 0 Å². The molecule has 0 atom stereocenters. The zero-order valence-electron chi connectivity index (χ0n) is 15.2. The van der Waals surface area contributed by atoms with Gasteiger partial charge in [0.2, 0.25) is 10.0 Å². The van der Waals surface area contributed by atoms with Crippen LogP contribution in [-0.2, 0) is 10.0 Å². The Morgan fingerprint density at radius 3 is 2.46 bits per heavy atom. The molecular formula is C19H20Cl2N2O3S2. The minimum Gasteiger partial charge on any atom is -0.351 e. The lowest BCUT2D eigenvalue weighted by Gasteiger charge is -2.12. The van der Waals surface area contributed by atoms with Crippen LogP contribution in [-0.4, -0.2) is 32.7 Å². The summed E-state index contributed by atoms with van der Waals surface area (Å²) < 4.78 is 27.5. The van der Waals surface area contributed by atoms with Crippen LogP contribution in [0.25, 0.3) is 0 Å². The summed E-state index contributed by atoms with van der Waals surface area (Å²) in [6.07, 6.45) is 1.60. The normalized spacial score (nSPS) is 14.1. The van der Waals surface area contributed by atoms with Crippen molar-refractivity contribution in [1.29, 1.82) is 0 Å². The molecule has 0 bridgehead atoms. The minimum absolute atomic E-state index is 0.00961. The van der Waals surface area contributed by atoms with Gasteiger partial charge in [0.05, 0.1) is 15.6 Å². The Morgan fingerprint density at radius 1 is 1.14 bits per heavy atom. The van der Waals surface area contributed by atoms with Crippen LogP contribution in [0, 0.1) is 6.92 Å². The molecular weight excluding hydrogens is 439 g/mol. The third-order valence-electron chi connectivity index (χ3n) is 4.13. The maximum absolute atomic E-state index is 12.5. The minimum atomic E-state index is -3.79. The van der Waals surface area contributed by atoms with E-state index in [9.17, 15) is 13.2 Å². The molecule has 9 heteroatoms. The monoisotopic (exact) mass is 458 g/mol. The zero-order valence-corrected chi connectivity index (χ0v) is 18.3. The summed E-state index contributed by atoms with van der Waals surface area (Å²) in [4.78, 5) is 13.5. The van der Waals surface area contributed by atoms with Gasteiger partial charge < -0.3 is 5.32 Å². The molecule has 2 aromatic carbocycles. The number of halogens is 2. The molecule has 1 fully saturated rings. The molecule has 0 saturated heterocycles. The second-order valence-electron chi connectivity index (χ2n) is 6.58. The molecule has 1 saturated carbocycles. The fourth-order valence-electron chi connectivity index (χ4n) is 2.46. The Bertz CT molecular complexity index is 975. The number of nitrogens with one attached hydrogen (secondary N) is 2. The van der Waals surface area contributed by atoms with Crippen LogP contribution in [0.2, 0.25) is 10.0 Å². The summed E-state index contributed by atoms with van der Waals surface area (Å²) in [6, 6.07) is 10.6. The number of aryl methyl sites for hydroxylation is 1. The molecule has 2 aromatic rings. The van der Waals surface area contributed by atoms with E-state index in [0.29, 0.717) is 12.3 Å². The fraction of sp³-hybridized carbons (Fsp3) is 0.316. The molecule has 0 radical (unpaired) electrons. The first-order chi connectivity index (χ1) is 13.3. The van der Waals surface area contributed by atoms with E-state index in [4.69, 9.17) is 23.2 Å². The van der Waals surface area contributed by atoms with Crippen molar-refractivity contribution in [1.82, 2.24) is 10.0 Å². The third-order valence-corrected chi connectivity index (χ3v) is 7.44. The number of hydrogen-bond acceptors (Lipinski definition) is 4. The first kappa shape index (κ1) is 21.5. The van der Waals surface area contributed by atoms with Crippen LogP contribution in [0.5, 0.6) is 0 Å². The number of amides is 1. The average Bonchev–Trinajstić information content (AvgIpc) is 3.43. The van der Waals surface area contributed by atoms with Gasteiger partial charge in [0, 0.05) is 23.2 Å². The molecule has 1 aliphatic carbocycles. The molecule has 0 aromatic heterocycles. The Labute approximate surface area is 179 Å². The summed E-state index contributed by atoms with van der Waals surface area (Å²) in [5.74, 6) is 0.239. The Morgan fingerprint density at radius 2 is 1.82 bits per heavy atom. The molecule has 0 aliphatic heterocycles. The second-order valence-corrected chi connectivity index (χ2v) is 10.2. The molecule has 5 nitrogen and oxygen atoms in total. The van der Waals surface area contributed by atoms with E-state index in [-0.39, 0.29) is 26.5 Å². The van der Waals surface area contributed by atoms with Gasteiger partial charge in [-0.1, -0.05) is 40.9 Å². The lowest BCUT2D eigenvalue weighted by atomic mass is 10.2. The molecule has 1 aliphatic rings. The lowest BCUT2D eigenvalue weighted by Crippen LogP contribution is -2.28. The van der Waals surface area contributed by atoms with Gasteiger partial charge in [-0.05, 0) is 44.0 Å². The lowest BCUT2D eigenvalue weighted by molar-refractivity contribution is 0.0956. The molecule has 2 N–H and O–H groups in total. The van der Waals surface area contributed by atoms with Gasteiger partial charge in [-0.2, -0.15) is 0 Å². The third kappa shape index (κ3) is 5.64. The van der Waals surface area contributed by atoms with Gasteiger partial charge in [0.1, 0.15) is 4.90 Å². The number of hydrogen-bond donors (Lipinski definition) is 2. The van der Waals surface area contributed by atoms with Crippen LogP contribution in [0.4, 0.5) is 0 Å². The van der Waals surface area contributed by atoms with Crippen molar-refractivity contribution in [3.8, 4) is 0 Å². The number of benzene rings is 2. The molecule has 3 rings (SSSR count). The van der Waals surface area contributed by atoms with Crippen LogP contribution in [0.3, 0.4) is 0 Å². The Hall–Kier alpha value is -1.25. The Balaban J connectivity index is 1.64. The predicted octanol–water partition coefficient (Wildman–Crippen LogP) is 4.26. The van der Waals surface area contributed by atoms with Gasteiger partial charge in [-0.3, -0.25) is 4.79 Å². The number of carbonyl (C=O) groups excluding carboxylic acids is 1. The average molecular weight is 459 g/mol. The van der Waals surface area contributed by atoms with Gasteiger partial charge in [-0.15, -0.1) is 11.8 Å². The summed E-state index contributed by atoms with van der Waals surface area (Å²) in [6.45, 7) is 2.44. The highest BCUT2D eigenvalue weighted by Crippen LogP contribution is 2.30. The van der Waals surface area contributed by atoms with Gasteiger partial charge in [0.15, 0.2) is 0 Å². The number of rotatable bonds is 8. The molecule has 1 amide bonds. The molecule has 0 heterocycles. The maximum Gasteiger partial charge on any atom is 0.252 e. The number of carbonyl (C=O) groups is 1. The van der Waals surface area contributed by atoms with Crippen molar-refractivity contribution in [2.45, 2.75) is 35.6 Å². The van der Waals surface area contributed by atoms with Crippen LogP contribution in [0.15, 0.2) is 46.2 Å². The van der Waals surface area contributed by atoms with E-state index >= 15 is 0 Å². The van der Waals surface area contributed by atoms with Crippen molar-refractivity contribution < 1.29 is 13.2 Å². The summed E-state index contributed by atoms with van der Waals surface area (Å²) >= 11 is 13.8. The van der Waals surface area contributed by atoms with E-state index in [1.807, 2.05) is 31.2 Å². The van der Waals surface area contributed by atoms with Gasteiger partial charge in [0.25, 0.3) is 5.91 Å². The van der Waals surface area contributed by atoms with Crippen LogP contribution >= 0.6 is 35.0 Å². The molecule has 150 valence electrons. The highest BCUT2D eigenvalue weighted by molar-refractivity contribution is 7.99. The summed E-state index contributed by atoms with van der Waals surface area (Å²) in [5, 5.41) is 2.87. The van der Waals surface area contributed by atoms with Crippen molar-refractivity contribution in [2.75, 3.05) is 12.3 Å². The number of thioether (sulfide) groups is 1. The van der Waals surface area contributed by atoms with E-state index in [1.54, 1.807) is 11.8 Å². The predicted molar refractivity (Wildman–Crippen MR) is 114 cm³/mol. The second kappa shape index (κ2) is 9.05. The quantitative estimate of drug-likeness (QED) is 0.457. The Kier molecular flexibility index (Phi) is 6.94. The van der Waals surface area contributed by atoms with Crippen LogP contribution < -0.4 is 10.0 Å². The van der Waals surface area contributed by atoms with E-state index in [2.05, 4.69) is 10.0 Å². The highest BCUT2D eigenvalue weighted by atomic mass is 35.5. The first-order valence-electron chi connectivity index (χ1n) is 8.75. The highest BCUT2D eigenvalue weighted by Gasteiger charge is 2.30. The van der Waals surface area contributed by atoms with E-state index in [0.717, 1.165) is 17.7 Å². The fourth-order valence-corrected chi connectivity index (χ4v) is 5.39. The van der Waals surface area contributed by atoms with Crippen molar-refractivity contribution in [3.63, 3.8) is 0 Å². The first-order valence-corrected chi connectivity index (χ1v) is 12.0.